The predicted molar refractivity (Wildman–Crippen MR) is 69.8 cm³/mol. The first-order chi connectivity index (χ1) is 7.71. The van der Waals surface area contributed by atoms with Crippen LogP contribution in [0, 0.1) is 5.41 Å². The molecule has 2 saturated carbocycles. The van der Waals surface area contributed by atoms with E-state index in [1.165, 1.54) is 32.1 Å². The average molecular weight is 241 g/mol. The fourth-order valence-electron chi connectivity index (χ4n) is 2.22. The third-order valence-corrected chi connectivity index (χ3v) is 4.55. The third-order valence-electron chi connectivity index (χ3n) is 3.88. The van der Waals surface area contributed by atoms with Crippen LogP contribution in [-0.2, 0) is 4.79 Å². The van der Waals surface area contributed by atoms with E-state index in [0.717, 1.165) is 25.1 Å². The summed E-state index contributed by atoms with van der Waals surface area (Å²) < 4.78 is 0. The lowest BCUT2D eigenvalue weighted by atomic mass is 10.0. The van der Waals surface area contributed by atoms with Gasteiger partial charge in [0.1, 0.15) is 0 Å². The maximum atomic E-state index is 12.2. The van der Waals surface area contributed by atoms with Crippen molar-refractivity contribution < 1.29 is 4.79 Å². The molecule has 0 N–H and O–H groups in total. The van der Waals surface area contributed by atoms with Crippen LogP contribution in [0.25, 0.3) is 0 Å². The molecule has 16 heavy (non-hydrogen) atoms. The molecule has 0 unspecified atom stereocenters. The number of carbonyl (C=O) groups is 1. The van der Waals surface area contributed by atoms with Crippen molar-refractivity contribution in [1.82, 2.24) is 4.90 Å². The van der Waals surface area contributed by atoms with Crippen LogP contribution in [0.5, 0.6) is 0 Å². The maximum absolute atomic E-state index is 12.2. The van der Waals surface area contributed by atoms with Gasteiger partial charge < -0.3 is 4.90 Å². The number of unbranched alkanes of at least 4 members (excludes halogenated alkanes) is 1. The van der Waals surface area contributed by atoms with Gasteiger partial charge >= 0.3 is 0 Å². The lowest BCUT2D eigenvalue weighted by Crippen LogP contribution is -2.35. The lowest BCUT2D eigenvalue weighted by Gasteiger charge is -2.24. The molecule has 0 bridgehead atoms. The Labute approximate surface area is 104 Å². The molecule has 0 radical (unpaired) electrons. The van der Waals surface area contributed by atoms with Gasteiger partial charge in [0.15, 0.2) is 0 Å². The van der Waals surface area contributed by atoms with E-state index in [1.54, 1.807) is 0 Å². The first-order valence-electron chi connectivity index (χ1n) is 6.61. The molecule has 0 aromatic heterocycles. The molecule has 0 atom stereocenters. The van der Waals surface area contributed by atoms with Crippen molar-refractivity contribution in [3.63, 3.8) is 0 Å². The second-order valence-corrected chi connectivity index (χ2v) is 5.82. The number of carbonyl (C=O) groups excluding carboxylic acids is 1. The van der Waals surface area contributed by atoms with E-state index < -0.39 is 0 Å². The van der Waals surface area contributed by atoms with Crippen LogP contribution in [0.4, 0.5) is 0 Å². The van der Waals surface area contributed by atoms with Crippen LogP contribution in [-0.4, -0.2) is 29.1 Å². The second-order valence-electron chi connectivity index (χ2n) is 5.51. The first kappa shape index (κ1) is 12.3. The maximum Gasteiger partial charge on any atom is 0.223 e. The number of thiol groups is 1. The highest BCUT2D eigenvalue weighted by molar-refractivity contribution is 7.80. The molecule has 92 valence electrons. The average Bonchev–Trinajstić information content (AvgIpc) is 3.13. The monoisotopic (exact) mass is 241 g/mol. The molecule has 0 spiro atoms. The molecule has 3 heteroatoms. The Kier molecular flexibility index (Phi) is 3.83. The fourth-order valence-corrected chi connectivity index (χ4v) is 2.64. The molecule has 0 saturated heterocycles. The van der Waals surface area contributed by atoms with Crippen molar-refractivity contribution in [1.29, 1.82) is 0 Å². The Bertz CT molecular complexity index is 259. The Morgan fingerprint density at radius 1 is 1.44 bits per heavy atom. The van der Waals surface area contributed by atoms with Crippen LogP contribution in [0.1, 0.15) is 51.9 Å². The van der Waals surface area contributed by atoms with Crippen LogP contribution < -0.4 is 0 Å². The molecule has 0 aromatic rings. The topological polar surface area (TPSA) is 20.3 Å². The third kappa shape index (κ3) is 2.93. The SMILES string of the molecule is CCCCN(C(=O)CC1(CS)CC1)C1CC1. The number of rotatable bonds is 7. The van der Waals surface area contributed by atoms with E-state index in [9.17, 15) is 4.79 Å². The van der Waals surface area contributed by atoms with Crippen molar-refractivity contribution in [2.75, 3.05) is 12.3 Å². The number of hydrogen-bond donors (Lipinski definition) is 1. The zero-order valence-electron chi connectivity index (χ0n) is 10.2. The first-order valence-corrected chi connectivity index (χ1v) is 7.24. The molecule has 0 aromatic carbocycles. The summed E-state index contributed by atoms with van der Waals surface area (Å²) in [5.41, 5.74) is 0.277. The van der Waals surface area contributed by atoms with Crippen LogP contribution in [0.2, 0.25) is 0 Å². The quantitative estimate of drug-likeness (QED) is 0.680. The molecule has 0 heterocycles. The standard InChI is InChI=1S/C13H23NOS/c1-2-3-8-14(11-4-5-11)12(15)9-13(10-16)6-7-13/h11,16H,2-10H2,1H3. The molecule has 2 aliphatic carbocycles. The van der Waals surface area contributed by atoms with Crippen molar-refractivity contribution in [3.05, 3.63) is 0 Å². The van der Waals surface area contributed by atoms with Crippen LogP contribution in [0.3, 0.4) is 0 Å². The van der Waals surface area contributed by atoms with E-state index >= 15 is 0 Å². The fraction of sp³-hybridized carbons (Fsp3) is 0.923. The van der Waals surface area contributed by atoms with Gasteiger partial charge in [-0.15, -0.1) is 0 Å². The summed E-state index contributed by atoms with van der Waals surface area (Å²) in [6.45, 7) is 3.16. The van der Waals surface area contributed by atoms with Crippen molar-refractivity contribution in [2.45, 2.75) is 57.9 Å². The van der Waals surface area contributed by atoms with Gasteiger partial charge in [0.05, 0.1) is 0 Å². The van der Waals surface area contributed by atoms with Crippen molar-refractivity contribution >= 4 is 18.5 Å². The summed E-state index contributed by atoms with van der Waals surface area (Å²) in [4.78, 5) is 14.4. The van der Waals surface area contributed by atoms with Gasteiger partial charge in [-0.1, -0.05) is 13.3 Å². The molecule has 2 fully saturated rings. The molecule has 2 nitrogen and oxygen atoms in total. The van der Waals surface area contributed by atoms with Gasteiger partial charge in [-0.25, -0.2) is 0 Å². The van der Waals surface area contributed by atoms with Gasteiger partial charge in [-0.2, -0.15) is 12.6 Å². The van der Waals surface area contributed by atoms with Crippen LogP contribution in [0.15, 0.2) is 0 Å². The minimum absolute atomic E-state index is 0.277. The zero-order valence-corrected chi connectivity index (χ0v) is 11.1. The minimum atomic E-state index is 0.277. The Balaban J connectivity index is 1.84. The second kappa shape index (κ2) is 4.99. The smallest absolute Gasteiger partial charge is 0.223 e. The zero-order chi connectivity index (χ0) is 11.6. The summed E-state index contributed by atoms with van der Waals surface area (Å²) in [5.74, 6) is 1.27. The summed E-state index contributed by atoms with van der Waals surface area (Å²) in [6.07, 6.45) is 7.93. The highest BCUT2D eigenvalue weighted by Gasteiger charge is 2.45. The molecule has 2 aliphatic rings. The molecular formula is C13H23NOS. The summed E-state index contributed by atoms with van der Waals surface area (Å²) in [7, 11) is 0. The van der Waals surface area contributed by atoms with Crippen molar-refractivity contribution in [2.24, 2.45) is 5.41 Å². The minimum Gasteiger partial charge on any atom is -0.340 e. The van der Waals surface area contributed by atoms with Gasteiger partial charge in [-0.05, 0) is 43.3 Å². The highest BCUT2D eigenvalue weighted by atomic mass is 32.1. The predicted octanol–water partition coefficient (Wildman–Crippen LogP) is 2.88. The molecule has 1 amide bonds. The van der Waals surface area contributed by atoms with E-state index in [1.807, 2.05) is 0 Å². The summed E-state index contributed by atoms with van der Waals surface area (Å²) in [5, 5.41) is 0. The van der Waals surface area contributed by atoms with Gasteiger partial charge in [0.2, 0.25) is 5.91 Å². The number of amides is 1. The van der Waals surface area contributed by atoms with Crippen molar-refractivity contribution in [3.8, 4) is 0 Å². The Morgan fingerprint density at radius 2 is 2.12 bits per heavy atom. The van der Waals surface area contributed by atoms with Gasteiger partial charge in [0.25, 0.3) is 0 Å². The number of hydrogen-bond acceptors (Lipinski definition) is 2. The van der Waals surface area contributed by atoms with E-state index in [0.29, 0.717) is 11.9 Å². The lowest BCUT2D eigenvalue weighted by molar-refractivity contribution is -0.133. The van der Waals surface area contributed by atoms with Crippen LogP contribution >= 0.6 is 12.6 Å². The highest BCUT2D eigenvalue weighted by Crippen LogP contribution is 2.50. The van der Waals surface area contributed by atoms with E-state index in [2.05, 4.69) is 24.5 Å². The summed E-state index contributed by atoms with van der Waals surface area (Å²) >= 11 is 4.37. The number of nitrogens with zero attached hydrogens (tertiary/aromatic N) is 1. The van der Waals surface area contributed by atoms with E-state index in [-0.39, 0.29) is 5.41 Å². The van der Waals surface area contributed by atoms with Gasteiger partial charge in [-0.3, -0.25) is 4.79 Å². The largest absolute Gasteiger partial charge is 0.340 e. The molecular weight excluding hydrogens is 218 g/mol. The van der Waals surface area contributed by atoms with Gasteiger partial charge in [0, 0.05) is 19.0 Å². The molecule has 2 rings (SSSR count). The Morgan fingerprint density at radius 3 is 2.56 bits per heavy atom. The van der Waals surface area contributed by atoms with E-state index in [4.69, 9.17) is 0 Å². The molecule has 0 aliphatic heterocycles. The summed E-state index contributed by atoms with van der Waals surface area (Å²) in [6, 6.07) is 0.578. The normalized spacial score (nSPS) is 21.9. The Hall–Kier alpha value is -0.180.